The van der Waals surface area contributed by atoms with Crippen LogP contribution in [0.2, 0.25) is 0 Å². The average Bonchev–Trinajstić information content (AvgIpc) is 2.39. The molecule has 0 rings (SSSR count). The van der Waals surface area contributed by atoms with Crippen LogP contribution in [-0.4, -0.2) is 37.2 Å². The van der Waals surface area contributed by atoms with E-state index in [0.717, 1.165) is 44.2 Å². The molecule has 106 valence electrons. The van der Waals surface area contributed by atoms with E-state index < -0.39 is 0 Å². The highest BCUT2D eigenvalue weighted by molar-refractivity contribution is 5.87. The molecule has 0 aliphatic rings. The van der Waals surface area contributed by atoms with E-state index in [1.54, 1.807) is 0 Å². The SMILES string of the molecule is CCCC=NC(=NC)N(CCC)CCC(C)CC. The largest absolute Gasteiger partial charge is 0.341 e. The Morgan fingerprint density at radius 1 is 1.17 bits per heavy atom. The predicted octanol–water partition coefficient (Wildman–Crippen LogP) is 3.99. The van der Waals surface area contributed by atoms with Gasteiger partial charge in [-0.05, 0) is 25.2 Å². The minimum Gasteiger partial charge on any atom is -0.341 e. The Labute approximate surface area is 113 Å². The van der Waals surface area contributed by atoms with Crippen LogP contribution in [0, 0.1) is 5.92 Å². The van der Waals surface area contributed by atoms with Crippen LogP contribution in [0.25, 0.3) is 0 Å². The molecule has 0 bridgehead atoms. The number of aliphatic imine (C=N–C) groups is 2. The van der Waals surface area contributed by atoms with Crippen molar-refractivity contribution < 1.29 is 0 Å². The fourth-order valence-electron chi connectivity index (χ4n) is 1.72. The third kappa shape index (κ3) is 7.46. The smallest absolute Gasteiger partial charge is 0.219 e. The normalized spacial score (nSPS) is 14.2. The van der Waals surface area contributed by atoms with Crippen molar-refractivity contribution in [2.45, 2.75) is 59.8 Å². The van der Waals surface area contributed by atoms with Gasteiger partial charge in [0.25, 0.3) is 0 Å². The first kappa shape index (κ1) is 17.1. The van der Waals surface area contributed by atoms with Crippen molar-refractivity contribution in [3.8, 4) is 0 Å². The molecule has 0 saturated heterocycles. The molecule has 0 N–H and O–H groups in total. The molecule has 0 radical (unpaired) electrons. The minimum atomic E-state index is 0.780. The standard InChI is InChI=1S/C15H31N3/c1-6-9-11-17-15(16-5)18(12-7-2)13-10-14(4)8-3/h11,14H,6-10,12-13H2,1-5H3. The van der Waals surface area contributed by atoms with E-state index in [0.29, 0.717) is 0 Å². The van der Waals surface area contributed by atoms with Crippen LogP contribution in [-0.2, 0) is 0 Å². The van der Waals surface area contributed by atoms with E-state index in [9.17, 15) is 0 Å². The highest BCUT2D eigenvalue weighted by atomic mass is 15.3. The Kier molecular flexibility index (Phi) is 10.7. The number of hydrogen-bond donors (Lipinski definition) is 0. The van der Waals surface area contributed by atoms with Gasteiger partial charge in [0.15, 0.2) is 0 Å². The Bertz CT molecular complexity index is 246. The quantitative estimate of drug-likeness (QED) is 0.475. The lowest BCUT2D eigenvalue weighted by Crippen LogP contribution is -2.32. The van der Waals surface area contributed by atoms with Gasteiger partial charge in [0.05, 0.1) is 0 Å². The fraction of sp³-hybridized carbons (Fsp3) is 0.867. The van der Waals surface area contributed by atoms with Gasteiger partial charge < -0.3 is 4.90 Å². The molecule has 0 spiro atoms. The van der Waals surface area contributed by atoms with Gasteiger partial charge in [-0.3, -0.25) is 4.99 Å². The van der Waals surface area contributed by atoms with Crippen LogP contribution < -0.4 is 0 Å². The average molecular weight is 253 g/mol. The Hall–Kier alpha value is -0.860. The monoisotopic (exact) mass is 253 g/mol. The van der Waals surface area contributed by atoms with Crippen molar-refractivity contribution >= 4 is 12.2 Å². The number of nitrogens with zero attached hydrogens (tertiary/aromatic N) is 3. The molecule has 0 aliphatic heterocycles. The predicted molar refractivity (Wildman–Crippen MR) is 82.7 cm³/mol. The molecule has 1 unspecified atom stereocenters. The Morgan fingerprint density at radius 2 is 1.89 bits per heavy atom. The number of guanidine groups is 1. The molecule has 0 aromatic rings. The third-order valence-corrected chi connectivity index (χ3v) is 3.19. The van der Waals surface area contributed by atoms with Crippen LogP contribution in [0.5, 0.6) is 0 Å². The molecule has 0 aromatic heterocycles. The van der Waals surface area contributed by atoms with Crippen molar-refractivity contribution in [2.75, 3.05) is 20.1 Å². The molecule has 18 heavy (non-hydrogen) atoms. The van der Waals surface area contributed by atoms with E-state index >= 15 is 0 Å². The molecular formula is C15H31N3. The topological polar surface area (TPSA) is 28.0 Å². The van der Waals surface area contributed by atoms with Crippen LogP contribution in [0.15, 0.2) is 9.98 Å². The molecule has 0 saturated carbocycles. The summed E-state index contributed by atoms with van der Waals surface area (Å²) in [6, 6.07) is 0. The van der Waals surface area contributed by atoms with Crippen molar-refractivity contribution in [1.29, 1.82) is 0 Å². The fourth-order valence-corrected chi connectivity index (χ4v) is 1.72. The van der Waals surface area contributed by atoms with Crippen molar-refractivity contribution in [2.24, 2.45) is 15.9 Å². The van der Waals surface area contributed by atoms with E-state index in [1.807, 2.05) is 13.3 Å². The maximum atomic E-state index is 4.51. The second kappa shape index (κ2) is 11.2. The lowest BCUT2D eigenvalue weighted by Gasteiger charge is -2.24. The van der Waals surface area contributed by atoms with Gasteiger partial charge in [-0.25, -0.2) is 4.99 Å². The minimum absolute atomic E-state index is 0.780. The lowest BCUT2D eigenvalue weighted by atomic mass is 10.1. The highest BCUT2D eigenvalue weighted by Crippen LogP contribution is 2.09. The molecule has 0 heterocycles. The zero-order chi connectivity index (χ0) is 13.8. The molecule has 0 amide bonds. The van der Waals surface area contributed by atoms with Gasteiger partial charge in [-0.15, -0.1) is 0 Å². The van der Waals surface area contributed by atoms with Crippen LogP contribution in [0.4, 0.5) is 0 Å². The van der Waals surface area contributed by atoms with Crippen molar-refractivity contribution in [1.82, 2.24) is 4.90 Å². The summed E-state index contributed by atoms with van der Waals surface area (Å²) in [5.41, 5.74) is 0. The Morgan fingerprint density at radius 3 is 2.39 bits per heavy atom. The van der Waals surface area contributed by atoms with Crippen molar-refractivity contribution in [3.63, 3.8) is 0 Å². The highest BCUT2D eigenvalue weighted by Gasteiger charge is 2.09. The van der Waals surface area contributed by atoms with Crippen LogP contribution in [0.3, 0.4) is 0 Å². The van der Waals surface area contributed by atoms with Gasteiger partial charge in [0.2, 0.25) is 5.96 Å². The zero-order valence-electron chi connectivity index (χ0n) is 12.9. The molecule has 0 aromatic carbocycles. The summed E-state index contributed by atoms with van der Waals surface area (Å²) >= 11 is 0. The van der Waals surface area contributed by atoms with E-state index in [2.05, 4.69) is 42.6 Å². The lowest BCUT2D eigenvalue weighted by molar-refractivity contribution is 0.363. The third-order valence-electron chi connectivity index (χ3n) is 3.19. The molecule has 3 heteroatoms. The molecule has 1 atom stereocenters. The summed E-state index contributed by atoms with van der Waals surface area (Å²) in [4.78, 5) is 11.2. The maximum Gasteiger partial charge on any atom is 0.219 e. The van der Waals surface area contributed by atoms with E-state index in [1.165, 1.54) is 12.8 Å². The Balaban J connectivity index is 4.43. The van der Waals surface area contributed by atoms with E-state index in [4.69, 9.17) is 0 Å². The summed E-state index contributed by atoms with van der Waals surface area (Å²) in [5.74, 6) is 1.68. The van der Waals surface area contributed by atoms with Gasteiger partial charge in [0.1, 0.15) is 0 Å². The van der Waals surface area contributed by atoms with Gasteiger partial charge >= 0.3 is 0 Å². The molecule has 3 nitrogen and oxygen atoms in total. The first-order chi connectivity index (χ1) is 8.69. The molecule has 0 fully saturated rings. The summed E-state index contributed by atoms with van der Waals surface area (Å²) < 4.78 is 0. The van der Waals surface area contributed by atoms with E-state index in [-0.39, 0.29) is 0 Å². The van der Waals surface area contributed by atoms with Gasteiger partial charge in [0, 0.05) is 26.4 Å². The molecule has 0 aliphatic carbocycles. The van der Waals surface area contributed by atoms with Crippen LogP contribution in [0.1, 0.15) is 59.8 Å². The second-order valence-corrected chi connectivity index (χ2v) is 4.91. The zero-order valence-corrected chi connectivity index (χ0v) is 12.9. The number of hydrogen-bond acceptors (Lipinski definition) is 1. The summed E-state index contributed by atoms with van der Waals surface area (Å²) in [7, 11) is 1.84. The maximum absolute atomic E-state index is 4.51. The van der Waals surface area contributed by atoms with Gasteiger partial charge in [-0.2, -0.15) is 0 Å². The molecular weight excluding hydrogens is 222 g/mol. The second-order valence-electron chi connectivity index (χ2n) is 4.91. The van der Waals surface area contributed by atoms with Crippen LogP contribution >= 0.6 is 0 Å². The summed E-state index contributed by atoms with van der Waals surface area (Å²) in [6.45, 7) is 11.1. The first-order valence-corrected chi connectivity index (χ1v) is 7.43. The first-order valence-electron chi connectivity index (χ1n) is 7.43. The van der Waals surface area contributed by atoms with Crippen molar-refractivity contribution in [3.05, 3.63) is 0 Å². The number of rotatable bonds is 8. The summed E-state index contributed by atoms with van der Waals surface area (Å²) in [6.07, 6.45) is 7.78. The number of unbranched alkanes of at least 4 members (excludes halogenated alkanes) is 1. The van der Waals surface area contributed by atoms with Gasteiger partial charge in [-0.1, -0.05) is 40.5 Å². The summed E-state index contributed by atoms with van der Waals surface area (Å²) in [5, 5.41) is 0.